The summed E-state index contributed by atoms with van der Waals surface area (Å²) in [6.07, 6.45) is 2.45. The molecule has 0 heterocycles. The summed E-state index contributed by atoms with van der Waals surface area (Å²) in [5.74, 6) is 0. The fraction of sp³-hybridized carbons (Fsp3) is 0.364. The van der Waals surface area contributed by atoms with Crippen molar-refractivity contribution in [1.82, 2.24) is 0 Å². The first-order valence-electron chi connectivity index (χ1n) is 4.77. The highest BCUT2D eigenvalue weighted by molar-refractivity contribution is 6.31. The number of carbonyl (C=O) groups excluding carboxylic acids is 1. The molecule has 0 bridgehead atoms. The number of halogens is 3. The van der Waals surface area contributed by atoms with E-state index in [9.17, 15) is 13.6 Å². The number of hydrogen-bond acceptors (Lipinski definition) is 2. The highest BCUT2D eigenvalue weighted by Crippen LogP contribution is 2.32. The minimum Gasteiger partial charge on any atom is -0.211 e. The van der Waals surface area contributed by atoms with Gasteiger partial charge in [-0.3, -0.25) is 0 Å². The molecule has 1 aromatic carbocycles. The van der Waals surface area contributed by atoms with Gasteiger partial charge in [0.15, 0.2) is 0 Å². The van der Waals surface area contributed by atoms with Gasteiger partial charge in [0, 0.05) is 10.6 Å². The molecule has 0 spiro atoms. The fourth-order valence-corrected chi connectivity index (χ4v) is 1.60. The van der Waals surface area contributed by atoms with Gasteiger partial charge < -0.3 is 0 Å². The topological polar surface area (TPSA) is 29.4 Å². The number of aliphatic imine (C=N–C) groups is 1. The van der Waals surface area contributed by atoms with Crippen molar-refractivity contribution in [3.8, 4) is 0 Å². The van der Waals surface area contributed by atoms with E-state index in [0.29, 0.717) is 0 Å². The summed E-state index contributed by atoms with van der Waals surface area (Å²) in [7, 11) is 0. The van der Waals surface area contributed by atoms with Crippen LogP contribution in [0.15, 0.2) is 23.2 Å². The van der Waals surface area contributed by atoms with Gasteiger partial charge in [0.05, 0.1) is 0 Å². The first kappa shape index (κ1) is 12.8. The molecule has 0 aromatic heterocycles. The zero-order valence-electron chi connectivity index (χ0n) is 8.64. The lowest BCUT2D eigenvalue weighted by Crippen LogP contribution is -2.09. The Morgan fingerprint density at radius 2 is 2.19 bits per heavy atom. The van der Waals surface area contributed by atoms with Crippen LogP contribution >= 0.6 is 11.6 Å². The van der Waals surface area contributed by atoms with Crippen molar-refractivity contribution >= 4 is 17.7 Å². The van der Waals surface area contributed by atoms with Crippen LogP contribution in [0.3, 0.4) is 0 Å². The van der Waals surface area contributed by atoms with Crippen molar-refractivity contribution < 1.29 is 13.6 Å². The molecule has 0 fully saturated rings. The molecule has 0 atom stereocenters. The minimum atomic E-state index is -3.56. The second-order valence-corrected chi connectivity index (χ2v) is 3.71. The number of nitrogens with zero attached hydrogens (tertiary/aromatic N) is 1. The van der Waals surface area contributed by atoms with Crippen molar-refractivity contribution in [2.45, 2.75) is 25.8 Å². The molecule has 0 saturated carbocycles. The quantitative estimate of drug-likeness (QED) is 0.452. The summed E-state index contributed by atoms with van der Waals surface area (Å²) >= 11 is 5.84. The van der Waals surface area contributed by atoms with Crippen LogP contribution in [0.25, 0.3) is 0 Å². The molecule has 0 unspecified atom stereocenters. The van der Waals surface area contributed by atoms with E-state index in [0.717, 1.165) is 30.6 Å². The van der Waals surface area contributed by atoms with Crippen LogP contribution in [-0.2, 0) is 17.3 Å². The standard InChI is InChI=1S/C11H10ClF2NO/c1-2-3-8-4-5-9(6-10(8)12)11(13,14)15-7-16/h4-6H,2-3H2,1H3. The summed E-state index contributed by atoms with van der Waals surface area (Å²) in [6.45, 7) is 1.97. The predicted octanol–water partition coefficient (Wildman–Crippen LogP) is 3.68. The molecule has 0 amide bonds. The Bertz CT molecular complexity index is 428. The smallest absolute Gasteiger partial charge is 0.211 e. The van der Waals surface area contributed by atoms with Crippen LogP contribution in [0.2, 0.25) is 5.02 Å². The second kappa shape index (κ2) is 5.19. The molecule has 86 valence electrons. The number of isocyanates is 1. The number of hydrogen-bond donors (Lipinski definition) is 0. The van der Waals surface area contributed by atoms with E-state index in [-0.39, 0.29) is 5.02 Å². The zero-order valence-corrected chi connectivity index (χ0v) is 9.39. The Balaban J connectivity index is 3.10. The molecule has 0 N–H and O–H groups in total. The molecule has 5 heteroatoms. The van der Waals surface area contributed by atoms with E-state index in [1.54, 1.807) is 0 Å². The lowest BCUT2D eigenvalue weighted by atomic mass is 10.1. The van der Waals surface area contributed by atoms with Crippen molar-refractivity contribution in [3.05, 3.63) is 34.3 Å². The van der Waals surface area contributed by atoms with Gasteiger partial charge in [0.2, 0.25) is 6.08 Å². The second-order valence-electron chi connectivity index (χ2n) is 3.30. The van der Waals surface area contributed by atoms with E-state index >= 15 is 0 Å². The third-order valence-corrected chi connectivity index (χ3v) is 2.46. The summed E-state index contributed by atoms with van der Waals surface area (Å²) in [5.41, 5.74) is 0.402. The van der Waals surface area contributed by atoms with Crippen LogP contribution in [-0.4, -0.2) is 6.08 Å². The summed E-state index contributed by atoms with van der Waals surface area (Å²) in [6, 6.07) is 0.316. The third-order valence-electron chi connectivity index (χ3n) is 2.11. The minimum absolute atomic E-state index is 0.264. The maximum atomic E-state index is 13.2. The van der Waals surface area contributed by atoms with E-state index in [2.05, 4.69) is 4.99 Å². The Kier molecular flexibility index (Phi) is 4.16. The molecule has 0 saturated heterocycles. The number of alkyl halides is 2. The van der Waals surface area contributed by atoms with Gasteiger partial charge in [-0.05, 0) is 18.1 Å². The predicted molar refractivity (Wildman–Crippen MR) is 57.5 cm³/mol. The number of benzene rings is 1. The maximum absolute atomic E-state index is 13.2. The average molecular weight is 246 g/mol. The van der Waals surface area contributed by atoms with E-state index in [4.69, 9.17) is 11.6 Å². The molecular formula is C11H10ClF2NO. The molecule has 1 rings (SSSR count). The Morgan fingerprint density at radius 3 is 2.69 bits per heavy atom. The Labute approximate surface area is 96.9 Å². The molecule has 0 aliphatic heterocycles. The fourth-order valence-electron chi connectivity index (χ4n) is 1.33. The lowest BCUT2D eigenvalue weighted by molar-refractivity contribution is 0.00616. The lowest BCUT2D eigenvalue weighted by Gasteiger charge is -2.11. The van der Waals surface area contributed by atoms with Crippen LogP contribution < -0.4 is 0 Å². The molecule has 2 nitrogen and oxygen atoms in total. The van der Waals surface area contributed by atoms with Crippen molar-refractivity contribution in [2.75, 3.05) is 0 Å². The van der Waals surface area contributed by atoms with Gasteiger partial charge in [-0.15, -0.1) is 4.99 Å². The van der Waals surface area contributed by atoms with Crippen LogP contribution in [0.5, 0.6) is 0 Å². The van der Waals surface area contributed by atoms with Crippen LogP contribution in [0.1, 0.15) is 24.5 Å². The summed E-state index contributed by atoms with van der Waals surface area (Å²) in [4.78, 5) is 12.3. The van der Waals surface area contributed by atoms with Crippen molar-refractivity contribution in [3.63, 3.8) is 0 Å². The van der Waals surface area contributed by atoms with Crippen LogP contribution in [0.4, 0.5) is 8.78 Å². The average Bonchev–Trinajstić information content (AvgIpc) is 2.21. The van der Waals surface area contributed by atoms with Gasteiger partial charge in [0.25, 0.3) is 0 Å². The largest absolute Gasteiger partial charge is 0.379 e. The molecule has 16 heavy (non-hydrogen) atoms. The summed E-state index contributed by atoms with van der Waals surface area (Å²) < 4.78 is 26.3. The van der Waals surface area contributed by atoms with Gasteiger partial charge in [-0.25, -0.2) is 4.79 Å². The molecule has 0 aliphatic rings. The van der Waals surface area contributed by atoms with Crippen molar-refractivity contribution in [1.29, 1.82) is 0 Å². The zero-order chi connectivity index (χ0) is 12.2. The van der Waals surface area contributed by atoms with E-state index < -0.39 is 11.6 Å². The van der Waals surface area contributed by atoms with E-state index in [1.807, 2.05) is 6.92 Å². The molecule has 1 aromatic rings. The SMILES string of the molecule is CCCc1ccc(C(F)(F)N=C=O)cc1Cl. The van der Waals surface area contributed by atoms with Gasteiger partial charge in [0.1, 0.15) is 0 Å². The maximum Gasteiger partial charge on any atom is 0.379 e. The Morgan fingerprint density at radius 1 is 1.50 bits per heavy atom. The Hall–Kier alpha value is -1.25. The van der Waals surface area contributed by atoms with Gasteiger partial charge >= 0.3 is 6.05 Å². The molecular weight excluding hydrogens is 236 g/mol. The van der Waals surface area contributed by atoms with Gasteiger partial charge in [-0.2, -0.15) is 8.78 Å². The molecule has 0 aliphatic carbocycles. The van der Waals surface area contributed by atoms with Crippen LogP contribution in [0, 0.1) is 0 Å². The monoisotopic (exact) mass is 245 g/mol. The number of aryl methyl sites for hydroxylation is 1. The normalized spacial score (nSPS) is 11.0. The summed E-state index contributed by atoms with van der Waals surface area (Å²) in [5, 5.41) is 0.264. The van der Waals surface area contributed by atoms with Gasteiger partial charge in [-0.1, -0.05) is 37.1 Å². The highest BCUT2D eigenvalue weighted by atomic mass is 35.5. The first-order valence-corrected chi connectivity index (χ1v) is 5.14. The first-order chi connectivity index (χ1) is 7.51. The van der Waals surface area contributed by atoms with E-state index in [1.165, 1.54) is 12.1 Å². The highest BCUT2D eigenvalue weighted by Gasteiger charge is 2.31. The molecule has 0 radical (unpaired) electrons. The third kappa shape index (κ3) is 2.87. The van der Waals surface area contributed by atoms with Crippen molar-refractivity contribution in [2.24, 2.45) is 4.99 Å². The number of rotatable bonds is 4.